The third-order valence-electron chi connectivity index (χ3n) is 6.94. The van der Waals surface area contributed by atoms with Gasteiger partial charge in [0.15, 0.2) is 11.9 Å². The van der Waals surface area contributed by atoms with Gasteiger partial charge in [0, 0.05) is 23.4 Å². The number of amides is 2. The third kappa shape index (κ3) is 9.62. The summed E-state index contributed by atoms with van der Waals surface area (Å²) in [6.07, 6.45) is 1.20. The smallest absolute Gasteiger partial charge is 0.357 e. The first-order valence-corrected chi connectivity index (χ1v) is 17.6. The van der Waals surface area contributed by atoms with Gasteiger partial charge in [0.25, 0.3) is 5.91 Å². The van der Waals surface area contributed by atoms with E-state index in [0.29, 0.717) is 52.1 Å². The summed E-state index contributed by atoms with van der Waals surface area (Å²) in [5.74, 6) is -0.252. The topological polar surface area (TPSA) is 180 Å². The fourth-order valence-electron chi connectivity index (χ4n) is 4.67. The maximum atomic E-state index is 13.6. The molecule has 2 aromatic rings. The zero-order valence-electron chi connectivity index (χ0n) is 26.1. The fraction of sp³-hybridized carbons (Fsp3) is 0.667. The number of aromatic nitrogens is 5. The van der Waals surface area contributed by atoms with Crippen molar-refractivity contribution in [1.29, 1.82) is 0 Å². The van der Waals surface area contributed by atoms with Crippen LogP contribution in [0.5, 0.6) is 0 Å². The zero-order chi connectivity index (χ0) is 32.5. The molecule has 4 rings (SSSR count). The van der Waals surface area contributed by atoms with Crippen LogP contribution in [0.15, 0.2) is 21.8 Å². The highest BCUT2D eigenvalue weighted by molar-refractivity contribution is 8.01. The normalized spacial score (nSPS) is 19.3. The maximum Gasteiger partial charge on any atom is 0.357 e. The molecule has 248 valence electrons. The van der Waals surface area contributed by atoms with Gasteiger partial charge in [-0.15, -0.1) is 28.2 Å². The van der Waals surface area contributed by atoms with Gasteiger partial charge in [-0.05, 0) is 49.4 Å². The van der Waals surface area contributed by atoms with Gasteiger partial charge in [-0.3, -0.25) is 14.5 Å². The predicted octanol–water partition coefficient (Wildman–Crippen LogP) is 1.58. The lowest BCUT2D eigenvalue weighted by atomic mass is 10.0. The first kappa shape index (κ1) is 35.1. The summed E-state index contributed by atoms with van der Waals surface area (Å²) in [7, 11) is 3.93. The molecular weight excluding hydrogens is 643 g/mol. The second kappa shape index (κ2) is 16.7. The van der Waals surface area contributed by atoms with Crippen molar-refractivity contribution < 1.29 is 28.6 Å². The second-order valence-electron chi connectivity index (χ2n) is 11.1. The van der Waals surface area contributed by atoms with Crippen molar-refractivity contribution in [3.05, 3.63) is 22.3 Å². The summed E-state index contributed by atoms with van der Waals surface area (Å²) in [5, 5.41) is 17.0. The van der Waals surface area contributed by atoms with Crippen LogP contribution < -0.4 is 11.1 Å². The number of thioether (sulfide) groups is 2. The van der Waals surface area contributed by atoms with Gasteiger partial charge in [-0.25, -0.2) is 14.5 Å². The molecule has 1 fully saturated rings. The molecular formula is C27H41N9O6S3. The molecule has 0 aromatic carbocycles. The van der Waals surface area contributed by atoms with Crippen LogP contribution in [0.2, 0.25) is 0 Å². The molecule has 1 saturated heterocycles. The Bertz CT molecular complexity index is 1350. The molecule has 2 aliphatic heterocycles. The maximum absolute atomic E-state index is 13.6. The van der Waals surface area contributed by atoms with E-state index in [1.54, 1.807) is 17.0 Å². The Hall–Kier alpha value is -2.77. The van der Waals surface area contributed by atoms with Crippen LogP contribution >= 0.6 is 34.9 Å². The first-order valence-electron chi connectivity index (χ1n) is 14.7. The van der Waals surface area contributed by atoms with Gasteiger partial charge in [0.2, 0.25) is 17.4 Å². The van der Waals surface area contributed by atoms with E-state index in [2.05, 4.69) is 39.7 Å². The zero-order valence-corrected chi connectivity index (χ0v) is 28.6. The van der Waals surface area contributed by atoms with E-state index in [1.807, 2.05) is 19.0 Å². The molecule has 0 spiro atoms. The number of esters is 1. The number of nitrogens with zero attached hydrogens (tertiary/aromatic N) is 7. The Morgan fingerprint density at radius 3 is 2.82 bits per heavy atom. The number of anilines is 1. The molecule has 3 N–H and O–H groups in total. The molecule has 4 heterocycles. The molecule has 2 unspecified atom stereocenters. The molecule has 2 aliphatic rings. The number of nitrogens with one attached hydrogen (secondary N) is 1. The Kier molecular flexibility index (Phi) is 13.0. The van der Waals surface area contributed by atoms with Crippen molar-refractivity contribution in [2.45, 2.75) is 69.4 Å². The summed E-state index contributed by atoms with van der Waals surface area (Å²) >= 11 is 4.08. The van der Waals surface area contributed by atoms with E-state index < -0.39 is 29.6 Å². The lowest BCUT2D eigenvalue weighted by molar-refractivity contribution is -0.197. The number of nitrogen functional groups attached to an aromatic ring is 1. The van der Waals surface area contributed by atoms with Gasteiger partial charge in [-0.2, -0.15) is 0 Å². The minimum Gasteiger partial charge on any atom is -0.431 e. The van der Waals surface area contributed by atoms with Crippen molar-refractivity contribution in [2.75, 3.05) is 51.3 Å². The van der Waals surface area contributed by atoms with Crippen LogP contribution in [0, 0.1) is 5.92 Å². The van der Waals surface area contributed by atoms with Crippen LogP contribution in [0.3, 0.4) is 0 Å². The van der Waals surface area contributed by atoms with Gasteiger partial charge in [0.1, 0.15) is 17.1 Å². The Morgan fingerprint density at radius 1 is 1.31 bits per heavy atom. The van der Waals surface area contributed by atoms with Gasteiger partial charge in [0.05, 0.1) is 25.3 Å². The van der Waals surface area contributed by atoms with Crippen LogP contribution in [-0.2, 0) is 41.6 Å². The summed E-state index contributed by atoms with van der Waals surface area (Å²) < 4.78 is 18.5. The third-order valence-corrected chi connectivity index (χ3v) is 10.1. The number of tetrazole rings is 1. The monoisotopic (exact) mass is 683 g/mol. The number of hydrogen-bond acceptors (Lipinski definition) is 15. The van der Waals surface area contributed by atoms with Crippen LogP contribution in [0.25, 0.3) is 0 Å². The summed E-state index contributed by atoms with van der Waals surface area (Å²) in [6, 6.07) is -0.791. The molecule has 0 aliphatic carbocycles. The average Bonchev–Trinajstić information content (AvgIpc) is 3.63. The summed E-state index contributed by atoms with van der Waals surface area (Å²) in [5.41, 5.74) is 7.05. The Labute approximate surface area is 275 Å². The van der Waals surface area contributed by atoms with Gasteiger partial charge < -0.3 is 30.2 Å². The van der Waals surface area contributed by atoms with Gasteiger partial charge >= 0.3 is 5.97 Å². The lowest BCUT2D eigenvalue weighted by Gasteiger charge is -2.49. The minimum atomic E-state index is -0.913. The quantitative estimate of drug-likeness (QED) is 0.0760. The number of carbonyl (C=O) groups excluding carboxylic acids is 3. The van der Waals surface area contributed by atoms with Crippen molar-refractivity contribution in [2.24, 2.45) is 5.92 Å². The standard InChI is InChI=1S/C27H41N9O6S3/c1-6-7-16(2)11-40-15-41-17(3)42-25(39)22-18(13-45-27-31-32-33-35(27)9-8-34(4)5)12-43-24-21(23(38)36(22)24)30-20(37)10-19-14-44-26(28)29-19/h14,16-17,21,24H,6-13,15H2,1-5H3,(H2,28,29)(H,30,37)/t16?,17?,21-,24-/m1/s1. The van der Waals surface area contributed by atoms with Crippen molar-refractivity contribution >= 4 is 57.8 Å². The highest BCUT2D eigenvalue weighted by atomic mass is 32.2. The molecule has 2 amide bonds. The van der Waals surface area contributed by atoms with E-state index >= 15 is 0 Å². The van der Waals surface area contributed by atoms with E-state index in [4.69, 9.17) is 19.9 Å². The summed E-state index contributed by atoms with van der Waals surface area (Å²) in [4.78, 5) is 47.3. The molecule has 0 saturated carbocycles. The van der Waals surface area contributed by atoms with Crippen molar-refractivity contribution in [1.82, 2.24) is 40.3 Å². The second-order valence-corrected chi connectivity index (χ2v) is 14.0. The van der Waals surface area contributed by atoms with Crippen molar-refractivity contribution in [3.8, 4) is 0 Å². The van der Waals surface area contributed by atoms with Crippen LogP contribution in [0.4, 0.5) is 5.13 Å². The molecule has 18 heteroatoms. The first-order chi connectivity index (χ1) is 21.6. The lowest BCUT2D eigenvalue weighted by Crippen LogP contribution is -2.70. The van der Waals surface area contributed by atoms with Crippen molar-refractivity contribution in [3.63, 3.8) is 0 Å². The number of ether oxygens (including phenoxy) is 3. The molecule has 0 radical (unpaired) electrons. The SMILES string of the molecule is CCCC(C)COCOC(C)OC(=O)C1=C(CSc2nnnn2CCN(C)C)CS[C@@H]2[C@H](NC(=O)Cc3csc(N)n3)C(=O)N12. The number of carbonyl (C=O) groups is 3. The molecule has 4 atom stereocenters. The van der Waals surface area contributed by atoms with Crippen LogP contribution in [0.1, 0.15) is 39.3 Å². The molecule has 2 aromatic heterocycles. The fourth-order valence-corrected chi connectivity index (χ4v) is 7.62. The number of β-lactam (4-membered cyclic amide) rings is 1. The van der Waals surface area contributed by atoms with E-state index in [0.717, 1.165) is 19.4 Å². The minimum absolute atomic E-state index is 0.00180. The predicted molar refractivity (Wildman–Crippen MR) is 171 cm³/mol. The molecule has 45 heavy (non-hydrogen) atoms. The Balaban J connectivity index is 1.44. The summed E-state index contributed by atoms with van der Waals surface area (Å²) in [6.45, 7) is 7.69. The highest BCUT2D eigenvalue weighted by Gasteiger charge is 2.54. The largest absolute Gasteiger partial charge is 0.431 e. The number of fused-ring (bicyclic) bond motifs is 1. The number of thiazole rings is 1. The number of rotatable bonds is 18. The average molecular weight is 684 g/mol. The number of hydrogen-bond donors (Lipinski definition) is 2. The molecule has 0 bridgehead atoms. The molecule has 15 nitrogen and oxygen atoms in total. The van der Waals surface area contributed by atoms with Gasteiger partial charge in [-0.1, -0.05) is 32.0 Å². The highest BCUT2D eigenvalue weighted by Crippen LogP contribution is 2.42. The van der Waals surface area contributed by atoms with E-state index in [1.165, 1.54) is 39.8 Å². The van der Waals surface area contributed by atoms with E-state index in [-0.39, 0.29) is 24.8 Å². The number of nitrogens with two attached hydrogens (primary N) is 1. The van der Waals surface area contributed by atoms with E-state index in [9.17, 15) is 14.4 Å². The number of likely N-dealkylation sites (N-methyl/N-ethyl adjacent to an activating group) is 1. The Morgan fingerprint density at radius 2 is 2.11 bits per heavy atom. The van der Waals surface area contributed by atoms with Crippen LogP contribution in [-0.4, -0.2) is 116 Å².